The first-order valence-corrected chi connectivity index (χ1v) is 10.1. The van der Waals surface area contributed by atoms with Crippen molar-refractivity contribution in [3.8, 4) is 0 Å². The van der Waals surface area contributed by atoms with E-state index in [-0.39, 0.29) is 12.5 Å². The summed E-state index contributed by atoms with van der Waals surface area (Å²) in [5.74, 6) is 0.589. The van der Waals surface area contributed by atoms with Crippen molar-refractivity contribution in [3.05, 3.63) is 12.2 Å². The van der Waals surface area contributed by atoms with Crippen molar-refractivity contribution >= 4 is 11.8 Å². The van der Waals surface area contributed by atoms with Gasteiger partial charge in [0.05, 0.1) is 0 Å². The molecule has 3 atom stereocenters. The average Bonchev–Trinajstić information content (AvgIpc) is 2.94. The van der Waals surface area contributed by atoms with Crippen LogP contribution >= 0.6 is 0 Å². The first-order chi connectivity index (χ1) is 12.1. The van der Waals surface area contributed by atoms with Crippen LogP contribution in [0.1, 0.15) is 84.0 Å². The number of carboxylic acids is 1. The maximum Gasteiger partial charge on any atom is 0.327 e. The molecule has 0 spiro atoms. The monoisotopic (exact) mass is 352 g/mol. The number of ketones is 1. The van der Waals surface area contributed by atoms with Gasteiger partial charge in [-0.1, -0.05) is 38.7 Å². The van der Waals surface area contributed by atoms with E-state index in [9.17, 15) is 14.7 Å². The molecule has 4 nitrogen and oxygen atoms in total. The van der Waals surface area contributed by atoms with Gasteiger partial charge in [-0.25, -0.2) is 4.79 Å². The molecule has 1 unspecified atom stereocenters. The molecular formula is C21H36O4. The Morgan fingerprint density at radius 2 is 2.00 bits per heavy atom. The van der Waals surface area contributed by atoms with E-state index in [2.05, 4.69) is 6.92 Å². The molecule has 1 saturated carbocycles. The fraction of sp³-hybridized carbons (Fsp3) is 0.810. The van der Waals surface area contributed by atoms with Crippen molar-refractivity contribution in [2.24, 2.45) is 17.8 Å². The number of carbonyl (C=O) groups is 2. The SMILES string of the molecule is CCCCCC(CO)CC[C@H]1CCC(=O)[C@@H]1CCCCC=CC(=O)O. The Bertz CT molecular complexity index is 416. The average molecular weight is 353 g/mol. The quantitative estimate of drug-likeness (QED) is 0.349. The molecule has 0 amide bonds. The molecule has 0 aliphatic heterocycles. The van der Waals surface area contributed by atoms with Gasteiger partial charge in [0.2, 0.25) is 0 Å². The van der Waals surface area contributed by atoms with Gasteiger partial charge in [-0.2, -0.15) is 0 Å². The third-order valence-electron chi connectivity index (χ3n) is 5.56. The summed E-state index contributed by atoms with van der Waals surface area (Å²) in [4.78, 5) is 22.6. The van der Waals surface area contributed by atoms with Crippen LogP contribution in [0.3, 0.4) is 0 Å². The number of aliphatic carboxylic acids is 1. The molecule has 4 heteroatoms. The van der Waals surface area contributed by atoms with Crippen molar-refractivity contribution in [1.82, 2.24) is 0 Å². The van der Waals surface area contributed by atoms with Gasteiger partial charge in [-0.3, -0.25) is 4.79 Å². The highest BCUT2D eigenvalue weighted by molar-refractivity contribution is 5.83. The normalized spacial score (nSPS) is 21.9. The van der Waals surface area contributed by atoms with Gasteiger partial charge in [-0.15, -0.1) is 0 Å². The largest absolute Gasteiger partial charge is 0.478 e. The number of carboxylic acid groups (broad SMARTS) is 1. The predicted octanol–water partition coefficient (Wildman–Crippen LogP) is 4.75. The van der Waals surface area contributed by atoms with E-state index in [1.807, 2.05) is 0 Å². The lowest BCUT2D eigenvalue weighted by atomic mass is 9.84. The summed E-state index contributed by atoms with van der Waals surface area (Å²) in [7, 11) is 0. The second-order valence-electron chi connectivity index (χ2n) is 7.52. The van der Waals surface area contributed by atoms with Crippen LogP contribution in [0.4, 0.5) is 0 Å². The van der Waals surface area contributed by atoms with Gasteiger partial charge in [-0.05, 0) is 56.8 Å². The van der Waals surface area contributed by atoms with Crippen LogP contribution in [-0.4, -0.2) is 28.6 Å². The van der Waals surface area contributed by atoms with E-state index in [4.69, 9.17) is 5.11 Å². The van der Waals surface area contributed by atoms with Crippen LogP contribution in [0.2, 0.25) is 0 Å². The van der Waals surface area contributed by atoms with E-state index in [0.717, 1.165) is 51.4 Å². The van der Waals surface area contributed by atoms with Crippen LogP contribution in [0.25, 0.3) is 0 Å². The zero-order valence-corrected chi connectivity index (χ0v) is 15.8. The minimum absolute atomic E-state index is 0.193. The van der Waals surface area contributed by atoms with Crippen molar-refractivity contribution in [3.63, 3.8) is 0 Å². The van der Waals surface area contributed by atoms with E-state index >= 15 is 0 Å². The number of carbonyl (C=O) groups excluding carboxylic acids is 1. The number of hydrogen-bond donors (Lipinski definition) is 2. The molecule has 0 aromatic heterocycles. The van der Waals surface area contributed by atoms with E-state index in [1.54, 1.807) is 6.08 Å². The van der Waals surface area contributed by atoms with Crippen LogP contribution in [-0.2, 0) is 9.59 Å². The molecule has 25 heavy (non-hydrogen) atoms. The van der Waals surface area contributed by atoms with E-state index < -0.39 is 5.97 Å². The maximum absolute atomic E-state index is 12.2. The number of Topliss-reactive ketones (excluding diaryl/α,β-unsaturated/α-hetero) is 1. The van der Waals surface area contributed by atoms with Gasteiger partial charge in [0.15, 0.2) is 0 Å². The van der Waals surface area contributed by atoms with Gasteiger partial charge in [0.25, 0.3) is 0 Å². The first-order valence-electron chi connectivity index (χ1n) is 10.1. The summed E-state index contributed by atoms with van der Waals surface area (Å²) >= 11 is 0. The van der Waals surface area contributed by atoms with Gasteiger partial charge >= 0.3 is 5.97 Å². The Morgan fingerprint density at radius 1 is 1.20 bits per heavy atom. The number of hydrogen-bond acceptors (Lipinski definition) is 3. The third-order valence-corrected chi connectivity index (χ3v) is 5.56. The third kappa shape index (κ3) is 9.20. The van der Waals surface area contributed by atoms with Gasteiger partial charge < -0.3 is 10.2 Å². The minimum atomic E-state index is -0.900. The van der Waals surface area contributed by atoms with Crippen LogP contribution in [0.15, 0.2) is 12.2 Å². The highest BCUT2D eigenvalue weighted by Gasteiger charge is 2.33. The first kappa shape index (κ1) is 21.9. The van der Waals surface area contributed by atoms with Crippen molar-refractivity contribution < 1.29 is 19.8 Å². The lowest BCUT2D eigenvalue weighted by molar-refractivity contribution is -0.131. The molecule has 1 aliphatic rings. The Kier molecular flexibility index (Phi) is 11.5. The molecule has 0 aromatic rings. The predicted molar refractivity (Wildman–Crippen MR) is 100 cm³/mol. The molecule has 0 aromatic carbocycles. The fourth-order valence-corrected chi connectivity index (χ4v) is 3.99. The topological polar surface area (TPSA) is 74.6 Å². The van der Waals surface area contributed by atoms with Crippen molar-refractivity contribution in [2.45, 2.75) is 84.0 Å². The second-order valence-corrected chi connectivity index (χ2v) is 7.52. The molecule has 2 N–H and O–H groups in total. The number of unbranched alkanes of at least 4 members (excludes halogenated alkanes) is 4. The zero-order chi connectivity index (χ0) is 18.5. The highest BCUT2D eigenvalue weighted by atomic mass is 16.4. The fourth-order valence-electron chi connectivity index (χ4n) is 3.99. The summed E-state index contributed by atoms with van der Waals surface area (Å²) < 4.78 is 0. The summed E-state index contributed by atoms with van der Waals surface area (Å²) in [6.45, 7) is 2.46. The Balaban J connectivity index is 2.30. The molecule has 1 fully saturated rings. The lowest BCUT2D eigenvalue weighted by Gasteiger charge is -2.21. The van der Waals surface area contributed by atoms with E-state index in [0.29, 0.717) is 24.0 Å². The Morgan fingerprint density at radius 3 is 2.68 bits per heavy atom. The molecule has 1 rings (SSSR count). The number of aliphatic hydroxyl groups is 1. The lowest BCUT2D eigenvalue weighted by Crippen LogP contribution is -2.17. The molecule has 0 bridgehead atoms. The van der Waals surface area contributed by atoms with Gasteiger partial charge in [0.1, 0.15) is 5.78 Å². The maximum atomic E-state index is 12.2. The standard InChI is InChI=1S/C21H36O4/c1-2-3-6-9-17(16-22)12-13-18-14-15-20(23)19(18)10-7-4-5-8-11-21(24)25/h8,11,17-19,22H,2-7,9-10,12-16H2,1H3,(H,24,25)/t17?,18-,19+/m0/s1. The highest BCUT2D eigenvalue weighted by Crippen LogP contribution is 2.37. The molecule has 144 valence electrons. The van der Waals surface area contributed by atoms with Crippen LogP contribution in [0.5, 0.6) is 0 Å². The summed E-state index contributed by atoms with van der Waals surface area (Å²) in [6.07, 6.45) is 15.1. The molecule has 0 saturated heterocycles. The van der Waals surface area contributed by atoms with E-state index in [1.165, 1.54) is 25.3 Å². The number of aliphatic hydroxyl groups excluding tert-OH is 1. The van der Waals surface area contributed by atoms with Gasteiger partial charge in [0, 0.05) is 25.0 Å². The van der Waals surface area contributed by atoms with Crippen molar-refractivity contribution in [1.29, 1.82) is 0 Å². The summed E-state index contributed by atoms with van der Waals surface area (Å²) in [6, 6.07) is 0. The Labute approximate surface area is 152 Å². The Hall–Kier alpha value is -1.16. The summed E-state index contributed by atoms with van der Waals surface area (Å²) in [5, 5.41) is 18.1. The molecule has 0 heterocycles. The van der Waals surface area contributed by atoms with Crippen molar-refractivity contribution in [2.75, 3.05) is 6.61 Å². The molecular weight excluding hydrogens is 316 g/mol. The summed E-state index contributed by atoms with van der Waals surface area (Å²) in [5.41, 5.74) is 0. The number of rotatable bonds is 14. The number of allylic oxidation sites excluding steroid dienone is 1. The van der Waals surface area contributed by atoms with Crippen LogP contribution < -0.4 is 0 Å². The minimum Gasteiger partial charge on any atom is -0.478 e. The van der Waals surface area contributed by atoms with Crippen LogP contribution in [0, 0.1) is 17.8 Å². The zero-order valence-electron chi connectivity index (χ0n) is 15.8. The molecule has 1 aliphatic carbocycles. The smallest absolute Gasteiger partial charge is 0.327 e. The second kappa shape index (κ2) is 13.1. The molecule has 0 radical (unpaired) electrons.